The van der Waals surface area contributed by atoms with Crippen LogP contribution >= 0.6 is 0 Å². The Morgan fingerprint density at radius 3 is 2.50 bits per heavy atom. The second-order valence-electron chi connectivity index (χ2n) is 5.70. The molecule has 2 heterocycles. The lowest BCUT2D eigenvalue weighted by Gasteiger charge is -2.29. The fourth-order valence-electron chi connectivity index (χ4n) is 2.75. The van der Waals surface area contributed by atoms with E-state index in [4.69, 9.17) is 0 Å². The van der Waals surface area contributed by atoms with Gasteiger partial charge >= 0.3 is 0 Å². The summed E-state index contributed by atoms with van der Waals surface area (Å²) in [5.74, 6) is 1.87. The highest BCUT2D eigenvalue weighted by Gasteiger charge is 2.16. The first-order valence-electron chi connectivity index (χ1n) is 7.86. The zero-order valence-electron chi connectivity index (χ0n) is 13.1. The lowest BCUT2D eigenvalue weighted by Crippen LogP contribution is -2.32. The van der Waals surface area contributed by atoms with Crippen molar-refractivity contribution in [1.82, 2.24) is 9.88 Å². The third-order valence-corrected chi connectivity index (χ3v) is 4.27. The maximum Gasteiger partial charge on any atom is 0.128 e. The van der Waals surface area contributed by atoms with Crippen LogP contribution in [0.25, 0.3) is 0 Å². The second-order valence-corrected chi connectivity index (χ2v) is 5.70. The maximum atomic E-state index is 4.55. The molecule has 0 atom stereocenters. The summed E-state index contributed by atoms with van der Waals surface area (Å²) in [7, 11) is 2.21. The van der Waals surface area contributed by atoms with E-state index in [1.54, 1.807) is 0 Å². The number of nitrogens with zero attached hydrogens (tertiary/aromatic N) is 3. The minimum absolute atomic E-state index is 0.800. The van der Waals surface area contributed by atoms with E-state index in [0.29, 0.717) is 0 Å². The fourth-order valence-corrected chi connectivity index (χ4v) is 2.75. The Morgan fingerprint density at radius 2 is 1.95 bits per heavy atom. The van der Waals surface area contributed by atoms with Gasteiger partial charge in [-0.25, -0.2) is 4.98 Å². The van der Waals surface area contributed by atoms with Crippen LogP contribution in [0.1, 0.15) is 26.7 Å². The van der Waals surface area contributed by atoms with Crippen LogP contribution < -0.4 is 10.2 Å². The van der Waals surface area contributed by atoms with E-state index in [9.17, 15) is 0 Å². The molecule has 4 heteroatoms. The first-order chi connectivity index (χ1) is 9.72. The Labute approximate surface area is 123 Å². The SMILES string of the molecule is CCN(CC)c1ccc(NCC2CCN(C)CC2)cn1. The Kier molecular flexibility index (Phi) is 5.65. The van der Waals surface area contributed by atoms with Gasteiger partial charge in [0.1, 0.15) is 5.82 Å². The Bertz CT molecular complexity index is 378. The smallest absolute Gasteiger partial charge is 0.128 e. The molecule has 0 amide bonds. The fraction of sp³-hybridized carbons (Fsp3) is 0.688. The number of hydrogen-bond acceptors (Lipinski definition) is 4. The van der Waals surface area contributed by atoms with Crippen molar-refractivity contribution in [2.24, 2.45) is 5.92 Å². The normalized spacial score (nSPS) is 17.1. The van der Waals surface area contributed by atoms with E-state index in [1.807, 2.05) is 6.20 Å². The largest absolute Gasteiger partial charge is 0.384 e. The van der Waals surface area contributed by atoms with Gasteiger partial charge in [0.05, 0.1) is 11.9 Å². The molecule has 20 heavy (non-hydrogen) atoms. The van der Waals surface area contributed by atoms with Gasteiger partial charge in [-0.05, 0) is 64.9 Å². The van der Waals surface area contributed by atoms with Gasteiger partial charge in [-0.1, -0.05) is 0 Å². The summed E-state index contributed by atoms with van der Waals surface area (Å²) in [6.45, 7) is 9.86. The molecule has 2 rings (SSSR count). The van der Waals surface area contributed by atoms with E-state index >= 15 is 0 Å². The highest BCUT2D eigenvalue weighted by Crippen LogP contribution is 2.18. The van der Waals surface area contributed by atoms with Gasteiger partial charge in [-0.3, -0.25) is 0 Å². The lowest BCUT2D eigenvalue weighted by atomic mass is 9.97. The third-order valence-electron chi connectivity index (χ3n) is 4.27. The van der Waals surface area contributed by atoms with Gasteiger partial charge in [0, 0.05) is 19.6 Å². The molecule has 1 fully saturated rings. The van der Waals surface area contributed by atoms with Gasteiger partial charge in [-0.15, -0.1) is 0 Å². The van der Waals surface area contributed by atoms with Gasteiger partial charge in [0.25, 0.3) is 0 Å². The van der Waals surface area contributed by atoms with Crippen LogP contribution in [-0.2, 0) is 0 Å². The summed E-state index contributed by atoms with van der Waals surface area (Å²) in [6, 6.07) is 4.26. The molecule has 112 valence electrons. The maximum absolute atomic E-state index is 4.55. The minimum Gasteiger partial charge on any atom is -0.384 e. The van der Waals surface area contributed by atoms with Crippen molar-refractivity contribution in [3.63, 3.8) is 0 Å². The predicted molar refractivity (Wildman–Crippen MR) is 86.5 cm³/mol. The first kappa shape index (κ1) is 15.1. The summed E-state index contributed by atoms with van der Waals surface area (Å²) in [4.78, 5) is 9.23. The van der Waals surface area contributed by atoms with Crippen molar-refractivity contribution in [3.8, 4) is 0 Å². The molecule has 0 bridgehead atoms. The summed E-state index contributed by atoms with van der Waals surface area (Å²) >= 11 is 0. The second kappa shape index (κ2) is 7.48. The van der Waals surface area contributed by atoms with Crippen LogP contribution in [0.2, 0.25) is 0 Å². The number of likely N-dealkylation sites (tertiary alicyclic amines) is 1. The molecule has 4 nitrogen and oxygen atoms in total. The molecule has 1 N–H and O–H groups in total. The zero-order chi connectivity index (χ0) is 14.4. The Hall–Kier alpha value is -1.29. The van der Waals surface area contributed by atoms with Gasteiger partial charge in [0.15, 0.2) is 0 Å². The first-order valence-corrected chi connectivity index (χ1v) is 7.86. The summed E-state index contributed by atoms with van der Waals surface area (Å²) in [6.07, 6.45) is 4.56. The number of nitrogens with one attached hydrogen (secondary N) is 1. The number of hydrogen-bond donors (Lipinski definition) is 1. The summed E-state index contributed by atoms with van der Waals surface area (Å²) in [5, 5.41) is 3.53. The quantitative estimate of drug-likeness (QED) is 0.865. The molecule has 0 unspecified atom stereocenters. The van der Waals surface area contributed by atoms with E-state index < -0.39 is 0 Å². The van der Waals surface area contributed by atoms with E-state index in [-0.39, 0.29) is 0 Å². The molecule has 1 aliphatic heterocycles. The van der Waals surface area contributed by atoms with Crippen LogP contribution in [0.5, 0.6) is 0 Å². The van der Waals surface area contributed by atoms with E-state index in [2.05, 4.69) is 53.1 Å². The van der Waals surface area contributed by atoms with Crippen molar-refractivity contribution in [3.05, 3.63) is 18.3 Å². The van der Waals surface area contributed by atoms with Gasteiger partial charge in [0.2, 0.25) is 0 Å². The van der Waals surface area contributed by atoms with E-state index in [0.717, 1.165) is 37.1 Å². The third kappa shape index (κ3) is 4.10. The van der Waals surface area contributed by atoms with Crippen LogP contribution in [0.4, 0.5) is 11.5 Å². The lowest BCUT2D eigenvalue weighted by molar-refractivity contribution is 0.226. The number of pyridine rings is 1. The number of piperidine rings is 1. The van der Waals surface area contributed by atoms with Crippen molar-refractivity contribution in [2.45, 2.75) is 26.7 Å². The predicted octanol–water partition coefficient (Wildman–Crippen LogP) is 2.68. The Balaban J connectivity index is 1.81. The average molecular weight is 276 g/mol. The van der Waals surface area contributed by atoms with E-state index in [1.165, 1.54) is 25.9 Å². The van der Waals surface area contributed by atoms with Crippen molar-refractivity contribution >= 4 is 11.5 Å². The monoisotopic (exact) mass is 276 g/mol. The van der Waals surface area contributed by atoms with Gasteiger partial charge < -0.3 is 15.1 Å². The molecule has 0 aliphatic carbocycles. The van der Waals surface area contributed by atoms with Crippen LogP contribution in [0, 0.1) is 5.92 Å². The highest BCUT2D eigenvalue weighted by molar-refractivity contribution is 5.48. The molecule has 0 saturated carbocycles. The van der Waals surface area contributed by atoms with Crippen LogP contribution in [0.3, 0.4) is 0 Å². The van der Waals surface area contributed by atoms with Gasteiger partial charge in [-0.2, -0.15) is 0 Å². The summed E-state index contributed by atoms with van der Waals surface area (Å²) < 4.78 is 0. The standard InChI is InChI=1S/C16H28N4/c1-4-20(5-2)16-7-6-15(13-18-16)17-12-14-8-10-19(3)11-9-14/h6-7,13-14,17H,4-5,8-12H2,1-3H3. The van der Waals surface area contributed by atoms with Crippen molar-refractivity contribution < 1.29 is 0 Å². The summed E-state index contributed by atoms with van der Waals surface area (Å²) in [5.41, 5.74) is 1.14. The molecule has 1 aromatic heterocycles. The minimum atomic E-state index is 0.800. The molecule has 1 aromatic rings. The Morgan fingerprint density at radius 1 is 1.25 bits per heavy atom. The molecular formula is C16H28N4. The van der Waals surface area contributed by atoms with Crippen molar-refractivity contribution in [2.75, 3.05) is 50.0 Å². The molecule has 0 aromatic carbocycles. The zero-order valence-corrected chi connectivity index (χ0v) is 13.1. The molecule has 0 spiro atoms. The topological polar surface area (TPSA) is 31.4 Å². The molecule has 0 radical (unpaired) electrons. The molecule has 1 aliphatic rings. The van der Waals surface area contributed by atoms with Crippen molar-refractivity contribution in [1.29, 1.82) is 0 Å². The van der Waals surface area contributed by atoms with Crippen LogP contribution in [0.15, 0.2) is 18.3 Å². The molecular weight excluding hydrogens is 248 g/mol. The number of aromatic nitrogens is 1. The molecule has 1 saturated heterocycles. The van der Waals surface area contributed by atoms with Crippen LogP contribution in [-0.4, -0.2) is 49.7 Å². The number of anilines is 2. The highest BCUT2D eigenvalue weighted by atomic mass is 15.2. The average Bonchev–Trinajstić information content (AvgIpc) is 2.49. The number of rotatable bonds is 6.